The Morgan fingerprint density at radius 2 is 1.63 bits per heavy atom. The van der Waals surface area contributed by atoms with E-state index in [1.807, 2.05) is 0 Å². The smallest absolute Gasteiger partial charge is 0.0263 e. The second kappa shape index (κ2) is 5.04. The van der Waals surface area contributed by atoms with Gasteiger partial charge in [0.25, 0.3) is 0 Å². The molecule has 2 aliphatic carbocycles. The largest absolute Gasteiger partial charge is 0.315 e. The van der Waals surface area contributed by atoms with Crippen LogP contribution in [0.3, 0.4) is 0 Å². The molecule has 0 aromatic rings. The van der Waals surface area contributed by atoms with E-state index in [4.69, 9.17) is 0 Å². The highest BCUT2D eigenvalue weighted by molar-refractivity contribution is 4.98. The molecule has 19 heavy (non-hydrogen) atoms. The van der Waals surface area contributed by atoms with Crippen LogP contribution in [-0.4, -0.2) is 36.6 Å². The lowest BCUT2D eigenvalue weighted by molar-refractivity contribution is 0.0305. The number of fused-ring (bicyclic) bond motifs is 1. The summed E-state index contributed by atoms with van der Waals surface area (Å²) in [7, 11) is 0. The van der Waals surface area contributed by atoms with Gasteiger partial charge in [0.2, 0.25) is 0 Å². The van der Waals surface area contributed by atoms with Gasteiger partial charge in [-0.15, -0.1) is 0 Å². The molecule has 108 valence electrons. The third-order valence-electron chi connectivity index (χ3n) is 6.87. The zero-order valence-corrected chi connectivity index (χ0v) is 12.4. The lowest BCUT2D eigenvalue weighted by atomic mass is 9.70. The van der Waals surface area contributed by atoms with Gasteiger partial charge in [0.05, 0.1) is 0 Å². The van der Waals surface area contributed by atoms with Gasteiger partial charge in [-0.05, 0) is 75.8 Å². The van der Waals surface area contributed by atoms with Crippen LogP contribution in [0.4, 0.5) is 0 Å². The Balaban J connectivity index is 1.40. The summed E-state index contributed by atoms with van der Waals surface area (Å²) in [6.45, 7) is 3.95. The maximum Gasteiger partial charge on any atom is 0.0263 e. The van der Waals surface area contributed by atoms with Gasteiger partial charge >= 0.3 is 0 Å². The van der Waals surface area contributed by atoms with Crippen LogP contribution in [0.2, 0.25) is 0 Å². The van der Waals surface area contributed by atoms with E-state index in [0.29, 0.717) is 0 Å². The van der Waals surface area contributed by atoms with Crippen molar-refractivity contribution >= 4 is 0 Å². The molecule has 2 aliphatic heterocycles. The first-order chi connectivity index (χ1) is 9.36. The second-order valence-corrected chi connectivity index (χ2v) is 7.80. The van der Waals surface area contributed by atoms with E-state index in [1.165, 1.54) is 58.2 Å². The van der Waals surface area contributed by atoms with E-state index in [0.717, 1.165) is 23.4 Å². The van der Waals surface area contributed by atoms with E-state index in [2.05, 4.69) is 10.2 Å². The predicted molar refractivity (Wildman–Crippen MR) is 79.2 cm³/mol. The molecule has 2 unspecified atom stereocenters. The fourth-order valence-electron chi connectivity index (χ4n) is 5.73. The quantitative estimate of drug-likeness (QED) is 0.781. The summed E-state index contributed by atoms with van der Waals surface area (Å²) >= 11 is 0. The molecule has 4 rings (SSSR count). The Labute approximate surface area is 118 Å². The van der Waals surface area contributed by atoms with E-state index < -0.39 is 0 Å². The van der Waals surface area contributed by atoms with Crippen molar-refractivity contribution in [1.29, 1.82) is 0 Å². The van der Waals surface area contributed by atoms with E-state index in [-0.39, 0.29) is 0 Å². The molecule has 1 spiro atoms. The molecule has 4 fully saturated rings. The first-order valence-corrected chi connectivity index (χ1v) is 8.83. The molecule has 0 amide bonds. The molecule has 2 nitrogen and oxygen atoms in total. The van der Waals surface area contributed by atoms with Crippen LogP contribution in [0.15, 0.2) is 0 Å². The monoisotopic (exact) mass is 262 g/mol. The van der Waals surface area contributed by atoms with Gasteiger partial charge in [0.15, 0.2) is 0 Å². The van der Waals surface area contributed by atoms with Gasteiger partial charge in [-0.2, -0.15) is 0 Å². The minimum Gasteiger partial charge on any atom is -0.315 e. The SMILES string of the molecule is C1CC2CNCC2N(C2CCC3(CCCC3)CC2)C1. The molecule has 0 aromatic heterocycles. The zero-order chi connectivity index (χ0) is 12.7. The number of hydrogen-bond donors (Lipinski definition) is 1. The number of piperidine rings is 1. The van der Waals surface area contributed by atoms with Crippen LogP contribution in [-0.2, 0) is 0 Å². The molecule has 0 bridgehead atoms. The Morgan fingerprint density at radius 1 is 0.842 bits per heavy atom. The summed E-state index contributed by atoms with van der Waals surface area (Å²) in [5, 5.41) is 3.64. The number of nitrogens with zero attached hydrogens (tertiary/aromatic N) is 1. The maximum atomic E-state index is 3.64. The van der Waals surface area contributed by atoms with Gasteiger partial charge in [-0.25, -0.2) is 0 Å². The van der Waals surface area contributed by atoms with Crippen LogP contribution >= 0.6 is 0 Å². The highest BCUT2D eigenvalue weighted by Crippen LogP contribution is 2.50. The second-order valence-electron chi connectivity index (χ2n) is 7.80. The highest BCUT2D eigenvalue weighted by atomic mass is 15.2. The van der Waals surface area contributed by atoms with Crippen LogP contribution in [0.1, 0.15) is 64.2 Å². The Kier molecular flexibility index (Phi) is 3.35. The summed E-state index contributed by atoms with van der Waals surface area (Å²) in [6, 6.07) is 1.82. The molecule has 2 heteroatoms. The number of rotatable bonds is 1. The standard InChI is InChI=1S/C17H30N2/c1-2-8-17(7-1)9-5-15(6-10-17)19-11-3-4-14-12-18-13-16(14)19/h14-16,18H,1-13H2. The third kappa shape index (κ3) is 2.25. The van der Waals surface area contributed by atoms with Gasteiger partial charge in [-0.3, -0.25) is 4.90 Å². The average molecular weight is 262 g/mol. The molecule has 0 aromatic carbocycles. The van der Waals surface area contributed by atoms with Crippen molar-refractivity contribution in [3.63, 3.8) is 0 Å². The Morgan fingerprint density at radius 3 is 2.42 bits per heavy atom. The Bertz CT molecular complexity index is 311. The van der Waals surface area contributed by atoms with Gasteiger partial charge in [0.1, 0.15) is 0 Å². The average Bonchev–Trinajstić information content (AvgIpc) is 3.09. The molecular formula is C17H30N2. The molecule has 0 radical (unpaired) electrons. The van der Waals surface area contributed by atoms with E-state index >= 15 is 0 Å². The molecule has 2 saturated heterocycles. The van der Waals surface area contributed by atoms with E-state index in [9.17, 15) is 0 Å². The molecular weight excluding hydrogens is 232 g/mol. The summed E-state index contributed by atoms with van der Waals surface area (Å²) in [5.74, 6) is 0.969. The minimum absolute atomic E-state index is 0.805. The van der Waals surface area contributed by atoms with Gasteiger partial charge in [0, 0.05) is 18.6 Å². The van der Waals surface area contributed by atoms with Crippen LogP contribution in [0, 0.1) is 11.3 Å². The summed E-state index contributed by atoms with van der Waals surface area (Å²) in [6.07, 6.45) is 15.1. The molecule has 4 aliphatic rings. The zero-order valence-electron chi connectivity index (χ0n) is 12.4. The van der Waals surface area contributed by atoms with Gasteiger partial charge in [-0.1, -0.05) is 12.8 Å². The van der Waals surface area contributed by atoms with Crippen LogP contribution in [0.25, 0.3) is 0 Å². The summed E-state index contributed by atoms with van der Waals surface area (Å²) in [4.78, 5) is 2.93. The molecule has 2 heterocycles. The van der Waals surface area contributed by atoms with Crippen molar-refractivity contribution in [2.24, 2.45) is 11.3 Å². The van der Waals surface area contributed by atoms with Crippen molar-refractivity contribution < 1.29 is 0 Å². The van der Waals surface area contributed by atoms with Crippen molar-refractivity contribution in [3.8, 4) is 0 Å². The number of likely N-dealkylation sites (tertiary alicyclic amines) is 1. The lowest BCUT2D eigenvalue weighted by Gasteiger charge is -2.47. The number of nitrogens with one attached hydrogen (secondary N) is 1. The molecule has 2 atom stereocenters. The summed E-state index contributed by atoms with van der Waals surface area (Å²) in [5.41, 5.74) is 0.805. The van der Waals surface area contributed by atoms with Crippen molar-refractivity contribution in [3.05, 3.63) is 0 Å². The number of hydrogen-bond acceptors (Lipinski definition) is 2. The van der Waals surface area contributed by atoms with Crippen LogP contribution in [0.5, 0.6) is 0 Å². The predicted octanol–water partition coefficient (Wildman–Crippen LogP) is 3.17. The van der Waals surface area contributed by atoms with Crippen molar-refractivity contribution in [2.75, 3.05) is 19.6 Å². The lowest BCUT2D eigenvalue weighted by Crippen LogP contribution is -2.52. The van der Waals surface area contributed by atoms with Crippen molar-refractivity contribution in [1.82, 2.24) is 10.2 Å². The third-order valence-corrected chi connectivity index (χ3v) is 6.87. The van der Waals surface area contributed by atoms with Crippen LogP contribution < -0.4 is 5.32 Å². The fourth-order valence-corrected chi connectivity index (χ4v) is 5.73. The first-order valence-electron chi connectivity index (χ1n) is 8.83. The topological polar surface area (TPSA) is 15.3 Å². The molecule has 1 N–H and O–H groups in total. The fraction of sp³-hybridized carbons (Fsp3) is 1.00. The maximum absolute atomic E-state index is 3.64. The molecule has 2 saturated carbocycles. The summed E-state index contributed by atoms with van der Waals surface area (Å²) < 4.78 is 0. The Hall–Kier alpha value is -0.0800. The highest BCUT2D eigenvalue weighted by Gasteiger charge is 2.43. The normalized spacial score (nSPS) is 39.8. The van der Waals surface area contributed by atoms with Crippen molar-refractivity contribution in [2.45, 2.75) is 76.3 Å². The first kappa shape index (κ1) is 12.6. The van der Waals surface area contributed by atoms with E-state index in [1.54, 1.807) is 25.7 Å². The minimum atomic E-state index is 0.805. The van der Waals surface area contributed by atoms with Gasteiger partial charge < -0.3 is 5.32 Å².